The highest BCUT2D eigenvalue weighted by molar-refractivity contribution is 7.19. The fourth-order valence-electron chi connectivity index (χ4n) is 4.34. The van der Waals surface area contributed by atoms with E-state index in [1.54, 1.807) is 43.6 Å². The number of nitrogens with zero attached hydrogens (tertiary/aromatic N) is 5. The van der Waals surface area contributed by atoms with Gasteiger partial charge in [0.05, 0.1) is 39.3 Å². The highest BCUT2D eigenvalue weighted by atomic mass is 35.5. The first-order chi connectivity index (χ1) is 17.9. The summed E-state index contributed by atoms with van der Waals surface area (Å²) in [5.74, 6) is -0.316. The molecule has 11 heteroatoms. The molecule has 3 heterocycles. The zero-order chi connectivity index (χ0) is 26.1. The Labute approximate surface area is 223 Å². The van der Waals surface area contributed by atoms with E-state index in [0.717, 1.165) is 45.9 Å². The van der Waals surface area contributed by atoms with Crippen molar-refractivity contribution in [1.29, 1.82) is 0 Å². The Morgan fingerprint density at radius 2 is 2.11 bits per heavy atom. The zero-order valence-electron chi connectivity index (χ0n) is 20.6. The van der Waals surface area contributed by atoms with Crippen molar-refractivity contribution >= 4 is 39.9 Å². The number of aryl methyl sites for hydroxylation is 1. The summed E-state index contributed by atoms with van der Waals surface area (Å²) in [7, 11) is 3.33. The molecule has 0 spiro atoms. The van der Waals surface area contributed by atoms with Gasteiger partial charge in [0.25, 0.3) is 5.91 Å². The van der Waals surface area contributed by atoms with E-state index in [1.807, 2.05) is 22.9 Å². The summed E-state index contributed by atoms with van der Waals surface area (Å²) in [5, 5.41) is 8.73. The van der Waals surface area contributed by atoms with Gasteiger partial charge in [0.2, 0.25) is 5.91 Å². The summed E-state index contributed by atoms with van der Waals surface area (Å²) in [6, 6.07) is 9.08. The molecular formula is C26H25ClN6O3S. The van der Waals surface area contributed by atoms with Gasteiger partial charge in [-0.2, -0.15) is 5.10 Å². The van der Waals surface area contributed by atoms with Crippen LogP contribution in [0.1, 0.15) is 28.5 Å². The van der Waals surface area contributed by atoms with Gasteiger partial charge in [0.15, 0.2) is 5.13 Å². The number of thiazole rings is 1. The molecule has 0 unspecified atom stereocenters. The molecule has 3 aromatic heterocycles. The summed E-state index contributed by atoms with van der Waals surface area (Å²) in [5.41, 5.74) is 5.69. The normalized spacial score (nSPS) is 12.1. The summed E-state index contributed by atoms with van der Waals surface area (Å²) >= 11 is 8.19. The number of methoxy groups -OCH3 is 1. The summed E-state index contributed by atoms with van der Waals surface area (Å²) in [6.07, 6.45) is 4.97. The van der Waals surface area contributed by atoms with Gasteiger partial charge in [0.1, 0.15) is 0 Å². The first kappa shape index (κ1) is 25.1. The Hall–Kier alpha value is -3.60. The minimum atomic E-state index is -0.172. The van der Waals surface area contributed by atoms with E-state index >= 15 is 0 Å². The Balaban J connectivity index is 1.62. The monoisotopic (exact) mass is 536 g/mol. The van der Waals surface area contributed by atoms with Crippen LogP contribution < -0.4 is 5.32 Å². The molecule has 0 bridgehead atoms. The van der Waals surface area contributed by atoms with Crippen molar-refractivity contribution in [3.63, 3.8) is 0 Å². The van der Waals surface area contributed by atoms with E-state index in [9.17, 15) is 9.59 Å². The van der Waals surface area contributed by atoms with Crippen LogP contribution in [-0.2, 0) is 22.4 Å². The van der Waals surface area contributed by atoms with Crippen molar-refractivity contribution in [2.45, 2.75) is 19.8 Å². The maximum absolute atomic E-state index is 12.9. The molecule has 0 atom stereocenters. The quantitative estimate of drug-likeness (QED) is 0.373. The van der Waals surface area contributed by atoms with Gasteiger partial charge >= 0.3 is 0 Å². The first-order valence-electron chi connectivity index (χ1n) is 11.7. The number of amides is 2. The minimum Gasteiger partial charge on any atom is -0.383 e. The SMILES string of the molecule is COCCN(C)C(=O)c1ccc(-n2nc(-c3cccnc3)c3c2-c2sc(NC(C)=O)nc2CC3)c(Cl)c1. The number of pyridine rings is 1. The lowest BCUT2D eigenvalue weighted by atomic mass is 9.95. The van der Waals surface area contributed by atoms with Gasteiger partial charge in [0, 0.05) is 56.7 Å². The van der Waals surface area contributed by atoms with Gasteiger partial charge in [-0.15, -0.1) is 0 Å². The third kappa shape index (κ3) is 4.87. The predicted molar refractivity (Wildman–Crippen MR) is 143 cm³/mol. The van der Waals surface area contributed by atoms with E-state index in [4.69, 9.17) is 21.4 Å². The first-order valence-corrected chi connectivity index (χ1v) is 12.9. The number of halogens is 1. The van der Waals surface area contributed by atoms with Crippen LogP contribution in [0, 0.1) is 0 Å². The highest BCUT2D eigenvalue weighted by Gasteiger charge is 2.30. The molecule has 190 valence electrons. The van der Waals surface area contributed by atoms with Gasteiger partial charge in [-0.3, -0.25) is 14.6 Å². The second kappa shape index (κ2) is 10.4. The number of hydrogen-bond acceptors (Lipinski definition) is 7. The van der Waals surface area contributed by atoms with Crippen LogP contribution in [0.5, 0.6) is 0 Å². The fraction of sp³-hybridized carbons (Fsp3) is 0.269. The van der Waals surface area contributed by atoms with E-state index in [0.29, 0.717) is 34.6 Å². The number of carbonyl (C=O) groups excluding carboxylic acids is 2. The number of fused-ring (bicyclic) bond motifs is 3. The molecule has 37 heavy (non-hydrogen) atoms. The topological polar surface area (TPSA) is 102 Å². The Kier molecular flexibility index (Phi) is 7.05. The second-order valence-electron chi connectivity index (χ2n) is 8.69. The van der Waals surface area contributed by atoms with Crippen LogP contribution in [0.25, 0.3) is 27.5 Å². The number of carbonyl (C=O) groups is 2. The largest absolute Gasteiger partial charge is 0.383 e. The number of rotatable bonds is 7. The van der Waals surface area contributed by atoms with Gasteiger partial charge in [-0.25, -0.2) is 9.67 Å². The number of likely N-dealkylation sites (N-methyl/N-ethyl adjacent to an activating group) is 1. The van der Waals surface area contributed by atoms with E-state index in [2.05, 4.69) is 15.3 Å². The molecule has 1 aliphatic rings. The summed E-state index contributed by atoms with van der Waals surface area (Å²) in [4.78, 5) is 36.0. The average molecular weight is 537 g/mol. The zero-order valence-corrected chi connectivity index (χ0v) is 22.2. The third-order valence-corrected chi connectivity index (χ3v) is 7.45. The number of hydrogen-bond donors (Lipinski definition) is 1. The number of anilines is 1. The van der Waals surface area contributed by atoms with Crippen LogP contribution in [0.3, 0.4) is 0 Å². The van der Waals surface area contributed by atoms with Crippen LogP contribution >= 0.6 is 22.9 Å². The maximum Gasteiger partial charge on any atom is 0.253 e. The molecule has 0 saturated carbocycles. The molecule has 4 aromatic rings. The number of aromatic nitrogens is 4. The number of ether oxygens (including phenoxy) is 1. The Bertz CT molecular complexity index is 1480. The van der Waals surface area contributed by atoms with Crippen LogP contribution in [0.4, 0.5) is 5.13 Å². The molecule has 2 amide bonds. The highest BCUT2D eigenvalue weighted by Crippen LogP contribution is 2.44. The van der Waals surface area contributed by atoms with Crippen molar-refractivity contribution in [3.05, 3.63) is 64.6 Å². The molecule has 0 saturated heterocycles. The molecule has 5 rings (SSSR count). The van der Waals surface area contributed by atoms with Crippen LogP contribution in [-0.4, -0.2) is 63.8 Å². The average Bonchev–Trinajstić information content (AvgIpc) is 3.47. The Morgan fingerprint density at radius 1 is 1.27 bits per heavy atom. The molecule has 0 radical (unpaired) electrons. The van der Waals surface area contributed by atoms with Crippen molar-refractivity contribution in [2.24, 2.45) is 0 Å². The molecule has 0 aliphatic heterocycles. The van der Waals surface area contributed by atoms with Crippen molar-refractivity contribution < 1.29 is 14.3 Å². The van der Waals surface area contributed by atoms with Gasteiger partial charge < -0.3 is 15.0 Å². The lowest BCUT2D eigenvalue weighted by Gasteiger charge is -2.18. The predicted octanol–water partition coefficient (Wildman–Crippen LogP) is 4.49. The van der Waals surface area contributed by atoms with Gasteiger partial charge in [-0.05, 0) is 43.2 Å². The van der Waals surface area contributed by atoms with E-state index in [1.165, 1.54) is 18.3 Å². The molecular weight excluding hydrogens is 512 g/mol. The summed E-state index contributed by atoms with van der Waals surface area (Å²) < 4.78 is 6.90. The molecule has 9 nitrogen and oxygen atoms in total. The minimum absolute atomic E-state index is 0.145. The molecule has 1 N–H and O–H groups in total. The number of benzene rings is 1. The maximum atomic E-state index is 12.9. The summed E-state index contributed by atoms with van der Waals surface area (Å²) in [6.45, 7) is 2.38. The smallest absolute Gasteiger partial charge is 0.253 e. The van der Waals surface area contributed by atoms with E-state index < -0.39 is 0 Å². The molecule has 0 fully saturated rings. The molecule has 1 aromatic carbocycles. The fourth-order valence-corrected chi connectivity index (χ4v) is 5.72. The van der Waals surface area contributed by atoms with Crippen LogP contribution in [0.2, 0.25) is 5.02 Å². The van der Waals surface area contributed by atoms with Crippen molar-refractivity contribution in [2.75, 3.05) is 32.6 Å². The number of nitrogens with one attached hydrogen (secondary N) is 1. The lowest BCUT2D eigenvalue weighted by Crippen LogP contribution is -2.29. The van der Waals surface area contributed by atoms with Crippen LogP contribution in [0.15, 0.2) is 42.7 Å². The molecule has 1 aliphatic carbocycles. The van der Waals surface area contributed by atoms with Gasteiger partial charge in [-0.1, -0.05) is 22.9 Å². The van der Waals surface area contributed by atoms with Crippen molar-refractivity contribution in [1.82, 2.24) is 24.6 Å². The van der Waals surface area contributed by atoms with E-state index in [-0.39, 0.29) is 11.8 Å². The lowest BCUT2D eigenvalue weighted by molar-refractivity contribution is -0.114. The standard InChI is InChI=1S/C26H25ClN6O3S/c1-15(34)29-26-30-20-8-7-18-22(17-5-4-10-28-14-17)31-33(23(18)24(20)37-26)21-9-6-16(13-19(21)27)25(35)32(2)11-12-36-3/h4-6,9-10,13-14H,7-8,11-12H2,1-3H3,(H,29,30,34). The second-order valence-corrected chi connectivity index (χ2v) is 10.1. The Morgan fingerprint density at radius 3 is 2.81 bits per heavy atom. The third-order valence-electron chi connectivity index (χ3n) is 6.13. The van der Waals surface area contributed by atoms with Crippen molar-refractivity contribution in [3.8, 4) is 27.5 Å².